The Kier molecular flexibility index (Phi) is 4.85. The first-order chi connectivity index (χ1) is 12.6. The topological polar surface area (TPSA) is 43.4 Å². The lowest BCUT2D eigenvalue weighted by molar-refractivity contribution is -0.149. The van der Waals surface area contributed by atoms with Crippen LogP contribution in [-0.4, -0.2) is 22.2 Å². The van der Waals surface area contributed by atoms with Crippen molar-refractivity contribution in [2.45, 2.75) is 95.9 Å². The number of hydrogen-bond donors (Lipinski definition) is 0. The van der Waals surface area contributed by atoms with E-state index in [9.17, 15) is 9.59 Å². The first-order valence-corrected chi connectivity index (χ1v) is 11.8. The Morgan fingerprint density at radius 1 is 0.963 bits per heavy atom. The van der Waals surface area contributed by atoms with Crippen molar-refractivity contribution in [2.75, 3.05) is 0 Å². The third-order valence-corrected chi connectivity index (χ3v) is 11.5. The molecule has 0 N–H and O–H groups in total. The minimum Gasteiger partial charge on any atom is -0.461 e. The summed E-state index contributed by atoms with van der Waals surface area (Å²) >= 11 is 3.88. The molecule has 0 heterocycles. The number of ketones is 1. The van der Waals surface area contributed by atoms with Crippen molar-refractivity contribution in [3.8, 4) is 0 Å². The van der Waals surface area contributed by atoms with Crippen LogP contribution < -0.4 is 0 Å². The fraction of sp³-hybridized carbons (Fsp3) is 0.913. The van der Waals surface area contributed by atoms with Gasteiger partial charge in [-0.05, 0) is 86.4 Å². The van der Waals surface area contributed by atoms with Crippen LogP contribution in [0.5, 0.6) is 0 Å². The van der Waals surface area contributed by atoms with Crippen LogP contribution in [-0.2, 0) is 14.3 Å². The van der Waals surface area contributed by atoms with Crippen molar-refractivity contribution in [1.82, 2.24) is 0 Å². The lowest BCUT2D eigenvalue weighted by Gasteiger charge is -2.61. The fourth-order valence-electron chi connectivity index (χ4n) is 8.22. The Morgan fingerprint density at radius 3 is 2.37 bits per heavy atom. The van der Waals surface area contributed by atoms with Gasteiger partial charge in [0, 0.05) is 6.92 Å². The molecule has 27 heavy (non-hydrogen) atoms. The van der Waals surface area contributed by atoms with E-state index in [0.29, 0.717) is 17.3 Å². The average molecular weight is 439 g/mol. The number of Topliss-reactive ketones (excluding diaryl/α,β-unsaturated/α-hetero) is 1. The Balaban J connectivity index is 1.70. The Bertz CT molecular complexity index is 648. The molecule has 4 aliphatic carbocycles. The van der Waals surface area contributed by atoms with Crippen molar-refractivity contribution in [3.63, 3.8) is 0 Å². The van der Waals surface area contributed by atoms with E-state index in [-0.39, 0.29) is 23.3 Å². The third-order valence-electron chi connectivity index (χ3n) is 9.54. The van der Waals surface area contributed by atoms with Crippen molar-refractivity contribution >= 4 is 27.7 Å². The predicted octanol–water partition coefficient (Wildman–Crippen LogP) is 5.68. The average Bonchev–Trinajstić information content (AvgIpc) is 2.83. The van der Waals surface area contributed by atoms with Crippen LogP contribution in [0.3, 0.4) is 0 Å². The zero-order valence-corrected chi connectivity index (χ0v) is 18.9. The number of carbonyl (C=O) groups is 2. The smallest absolute Gasteiger partial charge is 0.302 e. The SMILES string of the molecule is CC(=O)O[C@@H]1C[C@@H]2[C@@H]3CC[C@H]4CCCC[C@]4(C)[C@H]3CC[C@]2(C)[C@@]1(Br)C(C)=O. The van der Waals surface area contributed by atoms with E-state index in [1.54, 1.807) is 6.92 Å². The van der Waals surface area contributed by atoms with Crippen molar-refractivity contribution in [1.29, 1.82) is 0 Å². The van der Waals surface area contributed by atoms with E-state index in [1.165, 1.54) is 51.9 Å². The zero-order valence-electron chi connectivity index (χ0n) is 17.4. The van der Waals surface area contributed by atoms with Gasteiger partial charge in [0.15, 0.2) is 5.78 Å². The zero-order chi connectivity index (χ0) is 19.6. The van der Waals surface area contributed by atoms with Gasteiger partial charge in [-0.1, -0.05) is 42.6 Å². The maximum absolute atomic E-state index is 12.8. The van der Waals surface area contributed by atoms with E-state index in [1.807, 2.05) is 0 Å². The third kappa shape index (κ3) is 2.64. The van der Waals surface area contributed by atoms with Crippen LogP contribution in [0.2, 0.25) is 0 Å². The molecule has 8 atom stereocenters. The van der Waals surface area contributed by atoms with Gasteiger partial charge in [0.05, 0.1) is 0 Å². The van der Waals surface area contributed by atoms with Gasteiger partial charge in [-0.15, -0.1) is 0 Å². The maximum atomic E-state index is 12.8. The second kappa shape index (κ2) is 6.57. The summed E-state index contributed by atoms with van der Waals surface area (Å²) in [5, 5.41) is 0. The molecule has 0 amide bonds. The predicted molar refractivity (Wildman–Crippen MR) is 110 cm³/mol. The normalized spacial score (nSPS) is 51.7. The summed E-state index contributed by atoms with van der Waals surface area (Å²) < 4.78 is 5.02. The van der Waals surface area contributed by atoms with E-state index in [2.05, 4.69) is 29.8 Å². The molecule has 0 aromatic rings. The van der Waals surface area contributed by atoms with Gasteiger partial charge in [-0.2, -0.15) is 0 Å². The molecule has 0 spiro atoms. The number of rotatable bonds is 2. The van der Waals surface area contributed by atoms with Gasteiger partial charge in [0.2, 0.25) is 0 Å². The second-order valence-corrected chi connectivity index (χ2v) is 11.7. The summed E-state index contributed by atoms with van der Waals surface area (Å²) in [4.78, 5) is 24.6. The molecule has 0 unspecified atom stereocenters. The fourth-order valence-corrected chi connectivity index (χ4v) is 8.99. The molecular weight excluding hydrogens is 404 g/mol. The van der Waals surface area contributed by atoms with E-state index in [0.717, 1.165) is 24.7 Å². The van der Waals surface area contributed by atoms with Crippen LogP contribution in [0.25, 0.3) is 0 Å². The number of halogens is 1. The van der Waals surface area contributed by atoms with E-state index in [4.69, 9.17) is 4.74 Å². The Hall–Kier alpha value is -0.380. The number of hydrogen-bond acceptors (Lipinski definition) is 3. The highest BCUT2D eigenvalue weighted by Gasteiger charge is 2.70. The summed E-state index contributed by atoms with van der Waals surface area (Å²) in [5.41, 5.74) is 0.352. The van der Waals surface area contributed by atoms with E-state index < -0.39 is 4.32 Å². The van der Waals surface area contributed by atoms with Gasteiger partial charge in [0.25, 0.3) is 0 Å². The van der Waals surface area contributed by atoms with Gasteiger partial charge in [-0.3, -0.25) is 9.59 Å². The van der Waals surface area contributed by atoms with Crippen LogP contribution in [0.4, 0.5) is 0 Å². The monoisotopic (exact) mass is 438 g/mol. The van der Waals surface area contributed by atoms with Crippen LogP contribution in [0.1, 0.15) is 85.5 Å². The molecule has 0 bridgehead atoms. The number of fused-ring (bicyclic) bond motifs is 5. The second-order valence-electron chi connectivity index (χ2n) is 10.5. The molecule has 4 saturated carbocycles. The van der Waals surface area contributed by atoms with Crippen molar-refractivity contribution < 1.29 is 14.3 Å². The molecule has 4 fully saturated rings. The Labute approximate surface area is 172 Å². The van der Waals surface area contributed by atoms with Gasteiger partial charge in [0.1, 0.15) is 10.4 Å². The number of carbonyl (C=O) groups excluding carboxylic acids is 2. The molecule has 4 heteroatoms. The molecule has 3 nitrogen and oxygen atoms in total. The summed E-state index contributed by atoms with van der Waals surface area (Å²) in [6, 6.07) is 0. The standard InChI is InChI=1S/C23H35BrO3/c1-14(25)23(24)20(27-15(2)26)13-19-17-9-8-16-7-5-6-11-21(16,3)18(17)10-12-22(19,23)4/h16-20H,5-13H2,1-4H3/t16-,17-,18+,19-,20-,21+,22+,23-/m1/s1. The Morgan fingerprint density at radius 2 is 1.70 bits per heavy atom. The summed E-state index contributed by atoms with van der Waals surface area (Å²) in [6.45, 7) is 8.00. The van der Waals surface area contributed by atoms with Crippen molar-refractivity contribution in [2.24, 2.45) is 34.5 Å². The first-order valence-electron chi connectivity index (χ1n) is 11.0. The lowest BCUT2D eigenvalue weighted by Crippen LogP contribution is -2.57. The highest BCUT2D eigenvalue weighted by atomic mass is 79.9. The van der Waals surface area contributed by atoms with Gasteiger partial charge in [-0.25, -0.2) is 0 Å². The molecule has 4 aliphatic rings. The molecule has 0 saturated heterocycles. The molecule has 0 aromatic carbocycles. The van der Waals surface area contributed by atoms with Crippen LogP contribution >= 0.6 is 15.9 Å². The molecular formula is C23H35BrO3. The number of alkyl halides is 1. The molecule has 4 rings (SSSR count). The highest BCUT2D eigenvalue weighted by Crippen LogP contribution is 2.70. The molecule has 152 valence electrons. The van der Waals surface area contributed by atoms with Crippen molar-refractivity contribution in [3.05, 3.63) is 0 Å². The summed E-state index contributed by atoms with van der Waals surface area (Å²) in [7, 11) is 0. The molecule has 0 aliphatic heterocycles. The highest BCUT2D eigenvalue weighted by molar-refractivity contribution is 9.10. The minimum atomic E-state index is -0.731. The largest absolute Gasteiger partial charge is 0.461 e. The van der Waals surface area contributed by atoms with E-state index >= 15 is 0 Å². The quantitative estimate of drug-likeness (QED) is 0.411. The van der Waals surface area contributed by atoms with Crippen LogP contribution in [0.15, 0.2) is 0 Å². The summed E-state index contributed by atoms with van der Waals surface area (Å²) in [5.74, 6) is 2.64. The lowest BCUT2D eigenvalue weighted by atomic mass is 9.45. The van der Waals surface area contributed by atoms with Gasteiger partial charge < -0.3 is 4.74 Å². The molecule has 0 aromatic heterocycles. The van der Waals surface area contributed by atoms with Crippen LogP contribution in [0, 0.1) is 34.5 Å². The number of ether oxygens (including phenoxy) is 1. The first kappa shape index (κ1) is 19.9. The summed E-state index contributed by atoms with van der Waals surface area (Å²) in [6.07, 6.45) is 11.0. The number of esters is 1. The van der Waals surface area contributed by atoms with Gasteiger partial charge >= 0.3 is 5.97 Å². The maximum Gasteiger partial charge on any atom is 0.302 e. The molecule has 0 radical (unpaired) electrons. The minimum absolute atomic E-state index is 0.120.